The van der Waals surface area contributed by atoms with E-state index in [2.05, 4.69) is 25.0 Å². The van der Waals surface area contributed by atoms with Gasteiger partial charge in [-0.3, -0.25) is 9.48 Å². The van der Waals surface area contributed by atoms with Crippen molar-refractivity contribution in [2.45, 2.75) is 44.9 Å². The topological polar surface area (TPSA) is 67.6 Å². The maximum atomic E-state index is 12.3. The minimum Gasteiger partial charge on any atom is -0.488 e. The lowest BCUT2D eigenvalue weighted by Gasteiger charge is -2.36. The number of carbonyl (C=O) groups excluding carboxylic acids is 1. The van der Waals surface area contributed by atoms with Crippen LogP contribution in [0.4, 0.5) is 0 Å². The Morgan fingerprint density at radius 2 is 2.24 bits per heavy atom. The lowest BCUT2D eigenvalue weighted by Crippen LogP contribution is -2.51. The number of hydrogen-bond donors (Lipinski definition) is 1. The van der Waals surface area contributed by atoms with E-state index in [1.165, 1.54) is 5.56 Å². The summed E-state index contributed by atoms with van der Waals surface area (Å²) in [4.78, 5) is 14.0. The first-order valence-electron chi connectivity index (χ1n) is 8.73. The fourth-order valence-corrected chi connectivity index (χ4v) is 3.03. The lowest BCUT2D eigenvalue weighted by molar-refractivity contribution is -0.137. The fraction of sp³-hybridized carbons (Fsp3) is 0.474. The molecular weight excluding hydrogens is 318 g/mol. The van der Waals surface area contributed by atoms with Gasteiger partial charge in [-0.15, -0.1) is 0 Å². The van der Waals surface area contributed by atoms with Gasteiger partial charge in [-0.25, -0.2) is 0 Å². The van der Waals surface area contributed by atoms with Crippen LogP contribution in [0.25, 0.3) is 0 Å². The Labute approximate surface area is 148 Å². The SMILES string of the molecule is CC(C)c1cccc(O[C@@H]2CCN(C(=O)Cn3cccn3)C[C@H]2O)c1. The molecule has 25 heavy (non-hydrogen) atoms. The highest BCUT2D eigenvalue weighted by Gasteiger charge is 2.31. The van der Waals surface area contributed by atoms with Crippen LogP contribution in [-0.2, 0) is 11.3 Å². The monoisotopic (exact) mass is 343 g/mol. The normalized spacial score (nSPS) is 20.7. The second kappa shape index (κ2) is 7.70. The molecule has 2 atom stereocenters. The molecule has 1 N–H and O–H groups in total. The molecular formula is C19H25N3O3. The Balaban J connectivity index is 1.56. The number of carbonyl (C=O) groups is 1. The number of amides is 1. The summed E-state index contributed by atoms with van der Waals surface area (Å²) in [7, 11) is 0. The zero-order valence-electron chi connectivity index (χ0n) is 14.7. The molecule has 0 bridgehead atoms. The molecule has 2 heterocycles. The molecule has 1 aliphatic rings. The van der Waals surface area contributed by atoms with Crippen molar-refractivity contribution in [1.82, 2.24) is 14.7 Å². The maximum absolute atomic E-state index is 12.3. The number of likely N-dealkylation sites (tertiary alicyclic amines) is 1. The summed E-state index contributed by atoms with van der Waals surface area (Å²) in [6.07, 6.45) is 3.02. The number of aliphatic hydroxyl groups excluding tert-OH is 1. The van der Waals surface area contributed by atoms with Crippen molar-refractivity contribution in [2.24, 2.45) is 0 Å². The number of nitrogens with zero attached hydrogens (tertiary/aromatic N) is 3. The van der Waals surface area contributed by atoms with Crippen LogP contribution in [0.5, 0.6) is 5.75 Å². The van der Waals surface area contributed by atoms with Crippen LogP contribution in [0.15, 0.2) is 42.7 Å². The van der Waals surface area contributed by atoms with Crippen molar-refractivity contribution < 1.29 is 14.6 Å². The highest BCUT2D eigenvalue weighted by molar-refractivity contribution is 5.76. The van der Waals surface area contributed by atoms with Crippen LogP contribution >= 0.6 is 0 Å². The van der Waals surface area contributed by atoms with Gasteiger partial charge in [0.15, 0.2) is 0 Å². The third kappa shape index (κ3) is 4.39. The molecule has 1 aromatic heterocycles. The molecule has 134 valence electrons. The fourth-order valence-electron chi connectivity index (χ4n) is 3.03. The number of ether oxygens (including phenoxy) is 1. The summed E-state index contributed by atoms with van der Waals surface area (Å²) in [5, 5.41) is 14.5. The summed E-state index contributed by atoms with van der Waals surface area (Å²) >= 11 is 0. The molecule has 1 saturated heterocycles. The average molecular weight is 343 g/mol. The molecule has 0 radical (unpaired) electrons. The molecule has 0 unspecified atom stereocenters. The van der Waals surface area contributed by atoms with Crippen LogP contribution in [-0.4, -0.2) is 51.0 Å². The number of hydrogen-bond acceptors (Lipinski definition) is 4. The van der Waals surface area contributed by atoms with Gasteiger partial charge in [0.25, 0.3) is 0 Å². The van der Waals surface area contributed by atoms with Crippen LogP contribution < -0.4 is 4.74 Å². The van der Waals surface area contributed by atoms with Crippen LogP contribution in [0.1, 0.15) is 31.7 Å². The van der Waals surface area contributed by atoms with Gasteiger partial charge in [0.1, 0.15) is 24.5 Å². The van der Waals surface area contributed by atoms with E-state index in [1.54, 1.807) is 28.0 Å². The zero-order chi connectivity index (χ0) is 17.8. The van der Waals surface area contributed by atoms with E-state index in [9.17, 15) is 9.90 Å². The zero-order valence-corrected chi connectivity index (χ0v) is 14.7. The minimum atomic E-state index is -0.696. The molecule has 0 saturated carbocycles. The Kier molecular flexibility index (Phi) is 5.38. The van der Waals surface area contributed by atoms with E-state index in [0.29, 0.717) is 18.9 Å². The number of benzene rings is 1. The minimum absolute atomic E-state index is 0.0389. The second-order valence-corrected chi connectivity index (χ2v) is 6.78. The molecule has 6 heteroatoms. The first kappa shape index (κ1) is 17.5. The molecule has 2 aromatic rings. The Hall–Kier alpha value is -2.34. The molecule has 1 fully saturated rings. The molecule has 1 amide bonds. The molecule has 1 aliphatic heterocycles. The molecule has 6 nitrogen and oxygen atoms in total. The largest absolute Gasteiger partial charge is 0.488 e. The van der Waals surface area contributed by atoms with Crippen LogP contribution in [0.3, 0.4) is 0 Å². The lowest BCUT2D eigenvalue weighted by atomic mass is 10.0. The van der Waals surface area contributed by atoms with E-state index in [1.807, 2.05) is 18.2 Å². The summed E-state index contributed by atoms with van der Waals surface area (Å²) in [6, 6.07) is 9.76. The molecule has 1 aromatic carbocycles. The third-order valence-corrected chi connectivity index (χ3v) is 4.54. The number of β-amino-alcohol motifs (C(OH)–C–C–N with tert-alkyl or cyclic N) is 1. The standard InChI is InChI=1S/C19H25N3O3/c1-14(2)15-5-3-6-16(11-15)25-18-7-10-21(12-17(18)23)19(24)13-22-9-4-8-20-22/h3-6,8-9,11,14,17-18,23H,7,10,12-13H2,1-2H3/t17-,18-/m1/s1. The molecule has 0 spiro atoms. The summed E-state index contributed by atoms with van der Waals surface area (Å²) in [5.74, 6) is 1.16. The maximum Gasteiger partial charge on any atom is 0.244 e. The third-order valence-electron chi connectivity index (χ3n) is 4.54. The van der Waals surface area contributed by atoms with Gasteiger partial charge in [0.2, 0.25) is 5.91 Å². The van der Waals surface area contributed by atoms with Gasteiger partial charge in [-0.05, 0) is 29.7 Å². The average Bonchev–Trinajstić information content (AvgIpc) is 3.10. The Morgan fingerprint density at radius 3 is 2.92 bits per heavy atom. The van der Waals surface area contributed by atoms with E-state index < -0.39 is 6.10 Å². The van der Waals surface area contributed by atoms with Crippen molar-refractivity contribution in [2.75, 3.05) is 13.1 Å². The summed E-state index contributed by atoms with van der Waals surface area (Å²) in [6.45, 7) is 5.33. The number of aromatic nitrogens is 2. The van der Waals surface area contributed by atoms with Crippen molar-refractivity contribution in [3.63, 3.8) is 0 Å². The van der Waals surface area contributed by atoms with E-state index in [-0.39, 0.29) is 25.1 Å². The van der Waals surface area contributed by atoms with E-state index >= 15 is 0 Å². The predicted molar refractivity (Wildman–Crippen MR) is 94.4 cm³/mol. The van der Waals surface area contributed by atoms with Crippen LogP contribution in [0.2, 0.25) is 0 Å². The van der Waals surface area contributed by atoms with Gasteiger partial charge < -0.3 is 14.7 Å². The van der Waals surface area contributed by atoms with Gasteiger partial charge in [0, 0.05) is 25.4 Å². The smallest absolute Gasteiger partial charge is 0.244 e. The van der Waals surface area contributed by atoms with Crippen molar-refractivity contribution >= 4 is 5.91 Å². The van der Waals surface area contributed by atoms with Crippen LogP contribution in [0, 0.1) is 0 Å². The Bertz CT molecular complexity index is 700. The molecule has 0 aliphatic carbocycles. The molecule has 3 rings (SSSR count). The first-order valence-corrected chi connectivity index (χ1v) is 8.73. The number of rotatable bonds is 5. The highest BCUT2D eigenvalue weighted by atomic mass is 16.5. The van der Waals surface area contributed by atoms with Gasteiger partial charge in [-0.2, -0.15) is 5.10 Å². The summed E-state index contributed by atoms with van der Waals surface area (Å²) in [5.41, 5.74) is 1.21. The predicted octanol–water partition coefficient (Wildman–Crippen LogP) is 2.05. The highest BCUT2D eigenvalue weighted by Crippen LogP contribution is 2.24. The van der Waals surface area contributed by atoms with Crippen molar-refractivity contribution in [1.29, 1.82) is 0 Å². The van der Waals surface area contributed by atoms with E-state index in [0.717, 1.165) is 5.75 Å². The van der Waals surface area contributed by atoms with Crippen molar-refractivity contribution in [3.05, 3.63) is 48.3 Å². The van der Waals surface area contributed by atoms with Crippen molar-refractivity contribution in [3.8, 4) is 5.75 Å². The van der Waals surface area contributed by atoms with Gasteiger partial charge in [-0.1, -0.05) is 26.0 Å². The second-order valence-electron chi connectivity index (χ2n) is 6.78. The quantitative estimate of drug-likeness (QED) is 0.902. The first-order chi connectivity index (χ1) is 12.0. The number of aliphatic hydroxyl groups is 1. The van der Waals surface area contributed by atoms with Gasteiger partial charge in [0.05, 0.1) is 6.54 Å². The summed E-state index contributed by atoms with van der Waals surface area (Å²) < 4.78 is 7.58. The van der Waals surface area contributed by atoms with Gasteiger partial charge >= 0.3 is 0 Å². The Morgan fingerprint density at radius 1 is 1.40 bits per heavy atom. The number of piperidine rings is 1. The van der Waals surface area contributed by atoms with E-state index in [4.69, 9.17) is 4.74 Å².